The molecule has 1 atom stereocenters. The number of aliphatic hydroxyl groups is 2. The quantitative estimate of drug-likeness (QED) is 0.511. The predicted molar refractivity (Wildman–Crippen MR) is 68.8 cm³/mol. The Bertz CT molecular complexity index is 310. The first kappa shape index (κ1) is 13.9. The molecule has 0 amide bonds. The van der Waals surface area contributed by atoms with Gasteiger partial charge >= 0.3 is 0 Å². The van der Waals surface area contributed by atoms with Crippen LogP contribution in [-0.4, -0.2) is 43.1 Å². The van der Waals surface area contributed by atoms with E-state index in [-0.39, 0.29) is 19.3 Å². The number of nitrogens with two attached hydrogens (primary N) is 2. The molecule has 0 saturated carbocycles. The van der Waals surface area contributed by atoms with Crippen LogP contribution >= 0.6 is 0 Å². The van der Waals surface area contributed by atoms with Crippen LogP contribution in [0, 0.1) is 0 Å². The van der Waals surface area contributed by atoms with E-state index in [2.05, 4.69) is 0 Å². The van der Waals surface area contributed by atoms with Crippen molar-refractivity contribution in [2.24, 2.45) is 11.5 Å². The number of hydrogen-bond donors (Lipinski definition) is 4. The third-order valence-electron chi connectivity index (χ3n) is 2.68. The van der Waals surface area contributed by atoms with E-state index in [0.717, 1.165) is 11.3 Å². The second-order valence-electron chi connectivity index (χ2n) is 3.87. The normalized spacial score (nSPS) is 12.5. The predicted octanol–water partition coefficient (Wildman–Crippen LogP) is -0.564. The minimum atomic E-state index is -0.145. The van der Waals surface area contributed by atoms with Crippen molar-refractivity contribution in [2.75, 3.05) is 37.7 Å². The van der Waals surface area contributed by atoms with Gasteiger partial charge in [0.05, 0.1) is 13.2 Å². The van der Waals surface area contributed by atoms with Crippen LogP contribution in [0.1, 0.15) is 11.6 Å². The first-order valence-electron chi connectivity index (χ1n) is 5.75. The first-order valence-corrected chi connectivity index (χ1v) is 5.75. The lowest BCUT2D eigenvalue weighted by molar-refractivity contribution is 0.281. The first-order chi connectivity index (χ1) is 8.22. The summed E-state index contributed by atoms with van der Waals surface area (Å²) in [6.45, 7) is 1.54. The van der Waals surface area contributed by atoms with Crippen molar-refractivity contribution in [1.82, 2.24) is 0 Å². The van der Waals surface area contributed by atoms with Gasteiger partial charge in [-0.05, 0) is 17.7 Å². The maximum Gasteiger partial charge on any atom is 0.0606 e. The van der Waals surface area contributed by atoms with Crippen molar-refractivity contribution in [3.63, 3.8) is 0 Å². The van der Waals surface area contributed by atoms with Gasteiger partial charge in [0.15, 0.2) is 0 Å². The minimum Gasteiger partial charge on any atom is -0.395 e. The maximum absolute atomic E-state index is 8.95. The molecular formula is C12H21N3O2. The summed E-state index contributed by atoms with van der Waals surface area (Å²) in [7, 11) is 0. The Labute approximate surface area is 102 Å². The summed E-state index contributed by atoms with van der Waals surface area (Å²) in [5.41, 5.74) is 13.3. The molecular weight excluding hydrogens is 218 g/mol. The average molecular weight is 239 g/mol. The number of hydrogen-bond acceptors (Lipinski definition) is 5. The van der Waals surface area contributed by atoms with Crippen LogP contribution in [0.2, 0.25) is 0 Å². The lowest BCUT2D eigenvalue weighted by atomic mass is 10.1. The zero-order valence-corrected chi connectivity index (χ0v) is 9.92. The van der Waals surface area contributed by atoms with E-state index in [4.69, 9.17) is 21.7 Å². The minimum absolute atomic E-state index is 0.0596. The molecule has 0 aliphatic carbocycles. The van der Waals surface area contributed by atoms with Crippen LogP contribution in [0.15, 0.2) is 24.3 Å². The van der Waals surface area contributed by atoms with E-state index in [0.29, 0.717) is 19.6 Å². The summed E-state index contributed by atoms with van der Waals surface area (Å²) in [5.74, 6) is 0. The molecule has 1 rings (SSSR count). The van der Waals surface area contributed by atoms with Gasteiger partial charge in [-0.2, -0.15) is 0 Å². The number of rotatable bonds is 7. The molecule has 17 heavy (non-hydrogen) atoms. The van der Waals surface area contributed by atoms with Gasteiger partial charge in [-0.3, -0.25) is 0 Å². The summed E-state index contributed by atoms with van der Waals surface area (Å²) in [6, 6.07) is 7.56. The highest BCUT2D eigenvalue weighted by molar-refractivity contribution is 5.48. The van der Waals surface area contributed by atoms with E-state index in [1.165, 1.54) is 0 Å². The van der Waals surface area contributed by atoms with Crippen molar-refractivity contribution < 1.29 is 10.2 Å². The van der Waals surface area contributed by atoms with Crippen LogP contribution in [0.25, 0.3) is 0 Å². The molecule has 0 heterocycles. The highest BCUT2D eigenvalue weighted by Gasteiger charge is 2.07. The topological polar surface area (TPSA) is 95.7 Å². The zero-order valence-electron chi connectivity index (χ0n) is 9.92. The zero-order chi connectivity index (χ0) is 12.7. The van der Waals surface area contributed by atoms with Gasteiger partial charge in [0.2, 0.25) is 0 Å². The summed E-state index contributed by atoms with van der Waals surface area (Å²) in [6.07, 6.45) is 0. The van der Waals surface area contributed by atoms with Gasteiger partial charge in [0, 0.05) is 31.4 Å². The van der Waals surface area contributed by atoms with E-state index in [1.54, 1.807) is 0 Å². The lowest BCUT2D eigenvalue weighted by Gasteiger charge is -2.23. The Kier molecular flexibility index (Phi) is 5.93. The third kappa shape index (κ3) is 3.98. The average Bonchev–Trinajstić information content (AvgIpc) is 2.38. The molecule has 0 spiro atoms. The molecule has 0 radical (unpaired) electrons. The van der Waals surface area contributed by atoms with Crippen molar-refractivity contribution in [2.45, 2.75) is 6.04 Å². The second-order valence-corrected chi connectivity index (χ2v) is 3.87. The molecule has 5 nitrogen and oxygen atoms in total. The SMILES string of the molecule is NCC(N)c1ccc(N(CCO)CCO)cc1. The second kappa shape index (κ2) is 7.24. The van der Waals surface area contributed by atoms with Gasteiger partial charge < -0.3 is 26.6 Å². The van der Waals surface area contributed by atoms with Gasteiger partial charge in [0.25, 0.3) is 0 Å². The molecule has 6 N–H and O–H groups in total. The van der Waals surface area contributed by atoms with Crippen molar-refractivity contribution in [3.05, 3.63) is 29.8 Å². The molecule has 0 aromatic heterocycles. The molecule has 1 unspecified atom stereocenters. The smallest absolute Gasteiger partial charge is 0.0606 e. The summed E-state index contributed by atoms with van der Waals surface area (Å²) in [4.78, 5) is 1.91. The Hall–Kier alpha value is -1.14. The Balaban J connectivity index is 2.76. The summed E-state index contributed by atoms with van der Waals surface area (Å²) < 4.78 is 0. The highest BCUT2D eigenvalue weighted by Crippen LogP contribution is 2.17. The summed E-state index contributed by atoms with van der Waals surface area (Å²) in [5, 5.41) is 17.9. The molecule has 1 aromatic rings. The van der Waals surface area contributed by atoms with Crippen molar-refractivity contribution >= 4 is 5.69 Å². The lowest BCUT2D eigenvalue weighted by Crippen LogP contribution is -2.29. The van der Waals surface area contributed by atoms with E-state index in [9.17, 15) is 0 Å². The third-order valence-corrected chi connectivity index (χ3v) is 2.68. The number of anilines is 1. The Morgan fingerprint density at radius 1 is 1.06 bits per heavy atom. The van der Waals surface area contributed by atoms with E-state index in [1.807, 2.05) is 29.2 Å². The van der Waals surface area contributed by atoms with Gasteiger partial charge in [-0.1, -0.05) is 12.1 Å². The molecule has 0 aliphatic rings. The largest absolute Gasteiger partial charge is 0.395 e. The molecule has 96 valence electrons. The summed E-state index contributed by atoms with van der Waals surface area (Å²) >= 11 is 0. The molecule has 0 fully saturated rings. The number of benzene rings is 1. The maximum atomic E-state index is 8.95. The van der Waals surface area contributed by atoms with E-state index < -0.39 is 0 Å². The fraction of sp³-hybridized carbons (Fsp3) is 0.500. The number of nitrogens with zero attached hydrogens (tertiary/aromatic N) is 1. The van der Waals surface area contributed by atoms with E-state index >= 15 is 0 Å². The van der Waals surface area contributed by atoms with Crippen LogP contribution in [0.4, 0.5) is 5.69 Å². The van der Waals surface area contributed by atoms with Crippen molar-refractivity contribution in [1.29, 1.82) is 0 Å². The van der Waals surface area contributed by atoms with Crippen molar-refractivity contribution in [3.8, 4) is 0 Å². The number of aliphatic hydroxyl groups excluding tert-OH is 2. The standard InChI is InChI=1S/C12H21N3O2/c13-9-12(14)10-1-3-11(4-2-10)15(5-7-16)6-8-17/h1-4,12,16-17H,5-9,13-14H2. The van der Waals surface area contributed by atoms with Gasteiger partial charge in [-0.15, -0.1) is 0 Å². The monoisotopic (exact) mass is 239 g/mol. The van der Waals surface area contributed by atoms with Crippen LogP contribution in [-0.2, 0) is 0 Å². The molecule has 0 saturated heterocycles. The molecule has 1 aromatic carbocycles. The fourth-order valence-corrected chi connectivity index (χ4v) is 1.68. The molecule has 0 bridgehead atoms. The molecule has 5 heteroatoms. The van der Waals surface area contributed by atoms with Crippen LogP contribution in [0.3, 0.4) is 0 Å². The van der Waals surface area contributed by atoms with Gasteiger partial charge in [-0.25, -0.2) is 0 Å². The van der Waals surface area contributed by atoms with Gasteiger partial charge in [0.1, 0.15) is 0 Å². The fourth-order valence-electron chi connectivity index (χ4n) is 1.68. The molecule has 0 aliphatic heterocycles. The Morgan fingerprint density at radius 2 is 1.59 bits per heavy atom. The van der Waals surface area contributed by atoms with Crippen LogP contribution < -0.4 is 16.4 Å². The van der Waals surface area contributed by atoms with Crippen LogP contribution in [0.5, 0.6) is 0 Å². The highest BCUT2D eigenvalue weighted by atomic mass is 16.3. The Morgan fingerprint density at radius 3 is 2.00 bits per heavy atom.